The molecule has 0 spiro atoms. The van der Waals surface area contributed by atoms with Crippen LogP contribution in [0.3, 0.4) is 0 Å². The average Bonchev–Trinajstić information content (AvgIpc) is 1.85. The highest BCUT2D eigenvalue weighted by molar-refractivity contribution is 6.38. The van der Waals surface area contributed by atoms with Gasteiger partial charge in [-0.05, 0) is 0 Å². The Hall–Kier alpha value is -1.40. The quantitative estimate of drug-likeness (QED) is 0.459. The first-order chi connectivity index (χ1) is 5.25. The van der Waals surface area contributed by atoms with Gasteiger partial charge in [-0.15, -0.1) is 0 Å². The van der Waals surface area contributed by atoms with Crippen LogP contribution >= 0.6 is 0 Å². The van der Waals surface area contributed by atoms with Crippen LogP contribution in [0.4, 0.5) is 13.2 Å². The molecule has 0 saturated carbocycles. The molecule has 7 heteroatoms. The zero-order valence-electron chi connectivity index (χ0n) is 5.97. The summed E-state index contributed by atoms with van der Waals surface area (Å²) in [6.07, 6.45) is -5.08. The molecule has 0 saturated heterocycles. The molecule has 0 aliphatic carbocycles. The Morgan fingerprint density at radius 2 is 1.75 bits per heavy atom. The molecule has 0 aliphatic heterocycles. The molecule has 0 aliphatic rings. The molecule has 1 amide bonds. The normalized spacial score (nSPS) is 12.8. The fourth-order valence-electron chi connectivity index (χ4n) is 0.252. The molecule has 0 heterocycles. The fraction of sp³-hybridized carbons (Fsp3) is 0.400. The summed E-state index contributed by atoms with van der Waals surface area (Å²) < 4.78 is 34.3. The standard InChI is InChI=1S/C5H5F3N2O2/c1-2(11)3(9)10-4(12)5(6,7)8/h1H3,(H2,9,10,12). The molecular formula is C5H5F3N2O2. The van der Waals surface area contributed by atoms with Gasteiger partial charge < -0.3 is 5.73 Å². The molecular weight excluding hydrogens is 177 g/mol. The van der Waals surface area contributed by atoms with E-state index in [1.807, 2.05) is 0 Å². The van der Waals surface area contributed by atoms with Gasteiger partial charge in [0.15, 0.2) is 11.6 Å². The molecule has 0 unspecified atom stereocenters. The van der Waals surface area contributed by atoms with Crippen molar-refractivity contribution in [3.8, 4) is 0 Å². The largest absolute Gasteiger partial charge is 0.473 e. The maximum Gasteiger partial charge on any atom is 0.473 e. The molecule has 0 fully saturated rings. The van der Waals surface area contributed by atoms with Crippen LogP contribution < -0.4 is 5.73 Å². The van der Waals surface area contributed by atoms with Crippen molar-refractivity contribution in [3.63, 3.8) is 0 Å². The van der Waals surface area contributed by atoms with E-state index in [1.165, 1.54) is 0 Å². The van der Waals surface area contributed by atoms with Crippen molar-refractivity contribution in [2.45, 2.75) is 13.1 Å². The van der Waals surface area contributed by atoms with Gasteiger partial charge >= 0.3 is 12.1 Å². The predicted octanol–water partition coefficient (Wildman–Crippen LogP) is 0.0215. The minimum Gasteiger partial charge on any atom is -0.381 e. The van der Waals surface area contributed by atoms with Gasteiger partial charge in [-0.2, -0.15) is 18.2 Å². The Morgan fingerprint density at radius 1 is 1.33 bits per heavy atom. The molecule has 68 valence electrons. The Labute approximate surface area is 65.3 Å². The van der Waals surface area contributed by atoms with Gasteiger partial charge in [0.25, 0.3) is 0 Å². The summed E-state index contributed by atoms with van der Waals surface area (Å²) in [6, 6.07) is 0. The summed E-state index contributed by atoms with van der Waals surface area (Å²) in [6.45, 7) is 0.905. The summed E-state index contributed by atoms with van der Waals surface area (Å²) in [7, 11) is 0. The molecule has 0 bridgehead atoms. The summed E-state index contributed by atoms with van der Waals surface area (Å²) in [5.74, 6) is -4.21. The predicted molar refractivity (Wildman–Crippen MR) is 33.4 cm³/mol. The van der Waals surface area contributed by atoms with Gasteiger partial charge in [0.1, 0.15) is 0 Å². The van der Waals surface area contributed by atoms with Crippen LogP contribution in [0.15, 0.2) is 4.99 Å². The lowest BCUT2D eigenvalue weighted by Crippen LogP contribution is -2.28. The zero-order valence-corrected chi connectivity index (χ0v) is 5.97. The van der Waals surface area contributed by atoms with E-state index in [1.54, 1.807) is 0 Å². The van der Waals surface area contributed by atoms with E-state index in [2.05, 4.69) is 4.99 Å². The minimum absolute atomic E-state index is 0.882. The first-order valence-corrected chi connectivity index (χ1v) is 2.71. The number of amidine groups is 1. The van der Waals surface area contributed by atoms with E-state index in [0.29, 0.717) is 0 Å². The second-order valence-corrected chi connectivity index (χ2v) is 1.86. The van der Waals surface area contributed by atoms with Crippen molar-refractivity contribution in [2.75, 3.05) is 0 Å². The second-order valence-electron chi connectivity index (χ2n) is 1.86. The third kappa shape index (κ3) is 3.13. The Kier molecular flexibility index (Phi) is 2.94. The van der Waals surface area contributed by atoms with Crippen molar-refractivity contribution < 1.29 is 22.8 Å². The van der Waals surface area contributed by atoms with Gasteiger partial charge in [0.05, 0.1) is 0 Å². The number of halogens is 3. The van der Waals surface area contributed by atoms with Crippen molar-refractivity contribution in [2.24, 2.45) is 10.7 Å². The smallest absolute Gasteiger partial charge is 0.381 e. The molecule has 0 rings (SSSR count). The molecule has 4 nitrogen and oxygen atoms in total. The fourth-order valence-corrected chi connectivity index (χ4v) is 0.252. The van der Waals surface area contributed by atoms with Gasteiger partial charge in [-0.3, -0.25) is 9.59 Å². The lowest BCUT2D eigenvalue weighted by molar-refractivity contribution is -0.169. The molecule has 0 aromatic heterocycles. The SMILES string of the molecule is CC(=O)C(N)=NC(=O)C(F)(F)F. The van der Waals surface area contributed by atoms with Crippen molar-refractivity contribution in [1.82, 2.24) is 0 Å². The number of hydrogen-bond donors (Lipinski definition) is 1. The zero-order chi connectivity index (χ0) is 9.94. The summed E-state index contributed by atoms with van der Waals surface area (Å²) in [4.78, 5) is 22.6. The van der Waals surface area contributed by atoms with Crippen LogP contribution in [0.25, 0.3) is 0 Å². The molecule has 0 aromatic carbocycles. The Balaban J connectivity index is 4.57. The first kappa shape index (κ1) is 10.6. The van der Waals surface area contributed by atoms with Gasteiger partial charge in [0, 0.05) is 6.92 Å². The number of alkyl halides is 3. The molecule has 12 heavy (non-hydrogen) atoms. The number of Topliss-reactive ketones (excluding diaryl/α,β-unsaturated/α-hetero) is 1. The van der Waals surface area contributed by atoms with Crippen molar-refractivity contribution >= 4 is 17.5 Å². The third-order valence-corrected chi connectivity index (χ3v) is 0.825. The number of carbonyl (C=O) groups excluding carboxylic acids is 2. The number of nitrogens with zero attached hydrogens (tertiary/aromatic N) is 1. The third-order valence-electron chi connectivity index (χ3n) is 0.825. The molecule has 2 N–H and O–H groups in total. The van der Waals surface area contributed by atoms with Gasteiger partial charge in [0.2, 0.25) is 0 Å². The number of aliphatic imine (C=N–C) groups is 1. The number of amides is 1. The monoisotopic (exact) mass is 182 g/mol. The van der Waals surface area contributed by atoms with Gasteiger partial charge in [-0.25, -0.2) is 0 Å². The summed E-state index contributed by atoms with van der Waals surface area (Å²) in [5, 5.41) is 0. The van der Waals surface area contributed by atoms with Crippen LogP contribution in [0.1, 0.15) is 6.92 Å². The number of rotatable bonds is 1. The van der Waals surface area contributed by atoms with Gasteiger partial charge in [-0.1, -0.05) is 0 Å². The van der Waals surface area contributed by atoms with Crippen LogP contribution in [0.2, 0.25) is 0 Å². The highest BCUT2D eigenvalue weighted by Gasteiger charge is 2.38. The Morgan fingerprint density at radius 3 is 2.00 bits per heavy atom. The molecule has 0 atom stereocenters. The van der Waals surface area contributed by atoms with Crippen LogP contribution in [0.5, 0.6) is 0 Å². The van der Waals surface area contributed by atoms with Crippen molar-refractivity contribution in [3.05, 3.63) is 0 Å². The second kappa shape index (κ2) is 3.33. The van der Waals surface area contributed by atoms with E-state index >= 15 is 0 Å². The van der Waals surface area contributed by atoms with Crippen molar-refractivity contribution in [1.29, 1.82) is 0 Å². The average molecular weight is 182 g/mol. The maximum atomic E-state index is 11.4. The number of hydrogen-bond acceptors (Lipinski definition) is 2. The minimum atomic E-state index is -5.08. The maximum absolute atomic E-state index is 11.4. The summed E-state index contributed by atoms with van der Waals surface area (Å²) >= 11 is 0. The van der Waals surface area contributed by atoms with Crippen LogP contribution in [0, 0.1) is 0 Å². The highest BCUT2D eigenvalue weighted by Crippen LogP contribution is 2.16. The van der Waals surface area contributed by atoms with Crippen LogP contribution in [-0.2, 0) is 9.59 Å². The van der Waals surface area contributed by atoms with E-state index in [4.69, 9.17) is 5.73 Å². The molecule has 0 radical (unpaired) electrons. The van der Waals surface area contributed by atoms with E-state index in [0.717, 1.165) is 6.92 Å². The summed E-state index contributed by atoms with van der Waals surface area (Å²) in [5.41, 5.74) is 4.69. The lowest BCUT2D eigenvalue weighted by atomic mass is 10.4. The van der Waals surface area contributed by atoms with E-state index < -0.39 is 23.7 Å². The Bertz CT molecular complexity index is 244. The molecule has 0 aromatic rings. The lowest BCUT2D eigenvalue weighted by Gasteiger charge is -1.99. The topological polar surface area (TPSA) is 72.5 Å². The van der Waals surface area contributed by atoms with E-state index in [9.17, 15) is 22.8 Å². The number of ketones is 1. The van der Waals surface area contributed by atoms with E-state index in [-0.39, 0.29) is 0 Å². The number of carbonyl (C=O) groups is 2. The number of nitrogens with two attached hydrogens (primary N) is 1. The highest BCUT2D eigenvalue weighted by atomic mass is 19.4. The first-order valence-electron chi connectivity index (χ1n) is 2.71. The van der Waals surface area contributed by atoms with Crippen LogP contribution in [-0.4, -0.2) is 23.7 Å².